The first-order valence-electron chi connectivity index (χ1n) is 9.55. The fourth-order valence-corrected chi connectivity index (χ4v) is 4.16. The standard InChI is InChI=1S/C22H24N2O3/c1-27-18-11-6-8-16(13-18)23-21(25)19-12-5-7-15-14-24(22(26)20(15)19)17-9-3-2-4-10-17/h5-8,11-13,17H,2-4,9-10,14H2,1H3,(H,23,25). The van der Waals surface area contributed by atoms with Gasteiger partial charge in [-0.1, -0.05) is 37.5 Å². The van der Waals surface area contributed by atoms with Gasteiger partial charge in [-0.25, -0.2) is 0 Å². The SMILES string of the molecule is COc1cccc(NC(=O)c2cccc3c2C(=O)N(C2CCCCC2)C3)c1. The van der Waals surface area contributed by atoms with Gasteiger partial charge in [0.05, 0.1) is 18.2 Å². The van der Waals surface area contributed by atoms with E-state index < -0.39 is 0 Å². The number of nitrogens with zero attached hydrogens (tertiary/aromatic N) is 1. The van der Waals surface area contributed by atoms with Crippen molar-refractivity contribution in [2.24, 2.45) is 0 Å². The molecule has 5 heteroatoms. The number of hydrogen-bond donors (Lipinski definition) is 1. The molecule has 1 N–H and O–H groups in total. The summed E-state index contributed by atoms with van der Waals surface area (Å²) < 4.78 is 5.20. The van der Waals surface area contributed by atoms with E-state index in [1.165, 1.54) is 19.3 Å². The summed E-state index contributed by atoms with van der Waals surface area (Å²) in [7, 11) is 1.59. The van der Waals surface area contributed by atoms with E-state index in [4.69, 9.17) is 4.74 Å². The van der Waals surface area contributed by atoms with Gasteiger partial charge in [-0.15, -0.1) is 0 Å². The van der Waals surface area contributed by atoms with Crippen LogP contribution in [0.25, 0.3) is 0 Å². The quantitative estimate of drug-likeness (QED) is 0.883. The zero-order chi connectivity index (χ0) is 18.8. The highest BCUT2D eigenvalue weighted by molar-refractivity contribution is 6.13. The smallest absolute Gasteiger partial charge is 0.256 e. The van der Waals surface area contributed by atoms with Crippen molar-refractivity contribution in [3.8, 4) is 5.75 Å². The maximum Gasteiger partial charge on any atom is 0.256 e. The molecule has 1 aliphatic carbocycles. The highest BCUT2D eigenvalue weighted by Crippen LogP contribution is 2.33. The Kier molecular flexibility index (Phi) is 4.84. The van der Waals surface area contributed by atoms with Crippen LogP contribution in [-0.4, -0.2) is 29.9 Å². The molecule has 2 aliphatic rings. The molecule has 0 atom stereocenters. The molecular weight excluding hydrogens is 340 g/mol. The van der Waals surface area contributed by atoms with Crippen molar-refractivity contribution in [2.75, 3.05) is 12.4 Å². The highest BCUT2D eigenvalue weighted by Gasteiger charge is 2.36. The number of anilines is 1. The minimum absolute atomic E-state index is 0.00621. The molecule has 140 valence electrons. The maximum absolute atomic E-state index is 13.1. The van der Waals surface area contributed by atoms with Gasteiger partial charge in [-0.2, -0.15) is 0 Å². The van der Waals surface area contributed by atoms with Crippen LogP contribution in [0.1, 0.15) is 58.4 Å². The lowest BCUT2D eigenvalue weighted by Crippen LogP contribution is -2.37. The number of carbonyl (C=O) groups excluding carboxylic acids is 2. The van der Waals surface area contributed by atoms with Crippen LogP contribution in [0.5, 0.6) is 5.75 Å². The van der Waals surface area contributed by atoms with Gasteiger partial charge in [0.25, 0.3) is 11.8 Å². The first kappa shape index (κ1) is 17.6. The monoisotopic (exact) mass is 364 g/mol. The molecule has 27 heavy (non-hydrogen) atoms. The third-order valence-electron chi connectivity index (χ3n) is 5.55. The Balaban J connectivity index is 1.58. The molecule has 1 saturated carbocycles. The molecule has 1 aliphatic heterocycles. The first-order valence-corrected chi connectivity index (χ1v) is 9.55. The van der Waals surface area contributed by atoms with Crippen LogP contribution in [0.2, 0.25) is 0 Å². The molecule has 2 aromatic rings. The number of amides is 2. The molecule has 5 nitrogen and oxygen atoms in total. The third-order valence-corrected chi connectivity index (χ3v) is 5.55. The van der Waals surface area contributed by atoms with Crippen molar-refractivity contribution in [3.05, 3.63) is 59.2 Å². The van der Waals surface area contributed by atoms with E-state index in [1.807, 2.05) is 29.2 Å². The lowest BCUT2D eigenvalue weighted by Gasteiger charge is -2.30. The molecular formula is C22H24N2O3. The lowest BCUT2D eigenvalue weighted by atomic mass is 9.94. The van der Waals surface area contributed by atoms with Crippen molar-refractivity contribution in [1.29, 1.82) is 0 Å². The average Bonchev–Trinajstić information content (AvgIpc) is 3.05. The number of nitrogens with one attached hydrogen (secondary N) is 1. The molecule has 0 radical (unpaired) electrons. The Labute approximate surface area is 159 Å². The number of carbonyl (C=O) groups is 2. The van der Waals surface area contributed by atoms with Crippen LogP contribution in [0.4, 0.5) is 5.69 Å². The minimum atomic E-state index is -0.265. The fourth-order valence-electron chi connectivity index (χ4n) is 4.16. The summed E-state index contributed by atoms with van der Waals surface area (Å²) in [6.07, 6.45) is 5.72. The Hall–Kier alpha value is -2.82. The number of fused-ring (bicyclic) bond motifs is 1. The molecule has 1 fully saturated rings. The zero-order valence-corrected chi connectivity index (χ0v) is 15.5. The first-order chi connectivity index (χ1) is 13.2. The Morgan fingerprint density at radius 3 is 2.67 bits per heavy atom. The van der Waals surface area contributed by atoms with E-state index in [9.17, 15) is 9.59 Å². The van der Waals surface area contributed by atoms with Crippen LogP contribution >= 0.6 is 0 Å². The molecule has 0 saturated heterocycles. The Morgan fingerprint density at radius 1 is 1.11 bits per heavy atom. The van der Waals surface area contributed by atoms with Crippen LogP contribution in [0.15, 0.2) is 42.5 Å². The van der Waals surface area contributed by atoms with Crippen LogP contribution in [0, 0.1) is 0 Å². The number of hydrogen-bond acceptors (Lipinski definition) is 3. The molecule has 2 amide bonds. The summed E-state index contributed by atoms with van der Waals surface area (Å²) in [5.41, 5.74) is 2.59. The van der Waals surface area contributed by atoms with E-state index in [-0.39, 0.29) is 11.8 Å². The third kappa shape index (κ3) is 3.42. The normalized spacial score (nSPS) is 16.9. The second kappa shape index (κ2) is 7.43. The van der Waals surface area contributed by atoms with E-state index in [2.05, 4.69) is 5.32 Å². The average molecular weight is 364 g/mol. The van der Waals surface area contributed by atoms with Gasteiger partial charge in [-0.3, -0.25) is 9.59 Å². The summed E-state index contributed by atoms with van der Waals surface area (Å²) in [4.78, 5) is 27.9. The van der Waals surface area contributed by atoms with Crippen molar-refractivity contribution in [1.82, 2.24) is 4.90 Å². The summed E-state index contributed by atoms with van der Waals surface area (Å²) in [6, 6.07) is 13.1. The van der Waals surface area contributed by atoms with Crippen LogP contribution < -0.4 is 10.1 Å². The molecule has 2 aromatic carbocycles. The van der Waals surface area contributed by atoms with E-state index in [0.717, 1.165) is 18.4 Å². The van der Waals surface area contributed by atoms with Gasteiger partial charge in [0, 0.05) is 24.3 Å². The minimum Gasteiger partial charge on any atom is -0.497 e. The highest BCUT2D eigenvalue weighted by atomic mass is 16.5. The predicted octanol–water partition coefficient (Wildman–Crippen LogP) is 4.24. The van der Waals surface area contributed by atoms with Gasteiger partial charge in [0.15, 0.2) is 0 Å². The van der Waals surface area contributed by atoms with Gasteiger partial charge in [-0.05, 0) is 36.6 Å². The van der Waals surface area contributed by atoms with Gasteiger partial charge >= 0.3 is 0 Å². The number of methoxy groups -OCH3 is 1. The molecule has 1 heterocycles. The maximum atomic E-state index is 13.1. The fraction of sp³-hybridized carbons (Fsp3) is 0.364. The zero-order valence-electron chi connectivity index (χ0n) is 15.5. The van der Waals surface area contributed by atoms with Crippen molar-refractivity contribution in [3.63, 3.8) is 0 Å². The van der Waals surface area contributed by atoms with Crippen LogP contribution in [0.3, 0.4) is 0 Å². The summed E-state index contributed by atoms with van der Waals surface area (Å²) >= 11 is 0. The van der Waals surface area contributed by atoms with E-state index in [0.29, 0.717) is 35.2 Å². The van der Waals surface area contributed by atoms with Crippen LogP contribution in [-0.2, 0) is 6.54 Å². The Bertz CT molecular complexity index is 872. The number of benzene rings is 2. The molecule has 0 aromatic heterocycles. The van der Waals surface area contributed by atoms with E-state index >= 15 is 0 Å². The largest absolute Gasteiger partial charge is 0.497 e. The van der Waals surface area contributed by atoms with Gasteiger partial charge < -0.3 is 15.0 Å². The summed E-state index contributed by atoms with van der Waals surface area (Å²) in [6.45, 7) is 0.610. The molecule has 4 rings (SSSR count). The second-order valence-corrected chi connectivity index (χ2v) is 7.25. The number of rotatable bonds is 4. The number of ether oxygens (including phenoxy) is 1. The molecule has 0 spiro atoms. The Morgan fingerprint density at radius 2 is 1.89 bits per heavy atom. The van der Waals surface area contributed by atoms with Crippen molar-refractivity contribution in [2.45, 2.75) is 44.7 Å². The summed E-state index contributed by atoms with van der Waals surface area (Å²) in [5, 5.41) is 2.89. The molecule has 0 unspecified atom stereocenters. The van der Waals surface area contributed by atoms with Crippen molar-refractivity contribution >= 4 is 17.5 Å². The van der Waals surface area contributed by atoms with E-state index in [1.54, 1.807) is 25.3 Å². The topological polar surface area (TPSA) is 58.6 Å². The van der Waals surface area contributed by atoms with Crippen molar-refractivity contribution < 1.29 is 14.3 Å². The second-order valence-electron chi connectivity index (χ2n) is 7.25. The summed E-state index contributed by atoms with van der Waals surface area (Å²) in [5.74, 6) is 0.401. The predicted molar refractivity (Wildman–Crippen MR) is 104 cm³/mol. The lowest BCUT2D eigenvalue weighted by molar-refractivity contribution is 0.0657. The van der Waals surface area contributed by atoms with Gasteiger partial charge in [0.2, 0.25) is 0 Å². The molecule has 0 bridgehead atoms. The van der Waals surface area contributed by atoms with Gasteiger partial charge in [0.1, 0.15) is 5.75 Å².